The molecule has 2 saturated heterocycles. The van der Waals surface area contributed by atoms with Gasteiger partial charge in [0.15, 0.2) is 0 Å². The zero-order valence-corrected chi connectivity index (χ0v) is 17.3. The first-order valence-corrected chi connectivity index (χ1v) is 9.87. The summed E-state index contributed by atoms with van der Waals surface area (Å²) in [7, 11) is 2.02. The Morgan fingerprint density at radius 2 is 1.94 bits per heavy atom. The molecule has 1 aromatic heterocycles. The number of rotatable bonds is 4. The predicted molar refractivity (Wildman–Crippen MR) is 106 cm³/mol. The van der Waals surface area contributed by atoms with Gasteiger partial charge in [-0.15, -0.1) is 0 Å². The number of carboxylic acids is 1. The number of likely N-dealkylation sites (tertiary alicyclic amines) is 2. The third kappa shape index (κ3) is 5.63. The van der Waals surface area contributed by atoms with Crippen LogP contribution >= 0.6 is 0 Å². The molecule has 7 nitrogen and oxygen atoms in total. The maximum atomic E-state index is 12.8. The van der Waals surface area contributed by atoms with Gasteiger partial charge in [-0.1, -0.05) is 29.8 Å². The molecule has 2 fully saturated rings. The van der Waals surface area contributed by atoms with Crippen LogP contribution in [0.1, 0.15) is 17.0 Å². The largest absolute Gasteiger partial charge is 0.490 e. The Morgan fingerprint density at radius 3 is 2.48 bits per heavy atom. The van der Waals surface area contributed by atoms with Gasteiger partial charge in [-0.2, -0.15) is 13.2 Å². The van der Waals surface area contributed by atoms with Crippen LogP contribution in [0.5, 0.6) is 0 Å². The van der Waals surface area contributed by atoms with E-state index in [-0.39, 0.29) is 5.92 Å². The van der Waals surface area contributed by atoms with E-state index in [1.807, 2.05) is 24.3 Å². The number of carboxylic acid groups (broad SMARTS) is 1. The number of alkyl halides is 3. The SMILES string of the molecule is Cc1cccc(CN2C[C@@H]3CN(Cc4nccn4C)C[C@@H]3C2=O)c1.O=C(O)C(F)(F)F. The van der Waals surface area contributed by atoms with Crippen molar-refractivity contribution >= 4 is 11.9 Å². The summed E-state index contributed by atoms with van der Waals surface area (Å²) in [6, 6.07) is 8.46. The standard InChI is InChI=1S/C19H24N4O.C2HF3O2/c1-14-4-3-5-15(8-14)9-23-11-16-10-22(12-17(16)19(23)24)13-18-20-6-7-21(18)2;3-2(4,5)1(6)7/h3-8,16-17H,9-13H2,1-2H3;(H,6,7)/t16-,17-;/m0./s1. The second-order valence-electron chi connectivity index (χ2n) is 8.03. The topological polar surface area (TPSA) is 78.7 Å². The average molecular weight is 438 g/mol. The lowest BCUT2D eigenvalue weighted by Crippen LogP contribution is -2.32. The van der Waals surface area contributed by atoms with E-state index < -0.39 is 12.1 Å². The van der Waals surface area contributed by atoms with Gasteiger partial charge in [-0.05, 0) is 12.5 Å². The summed E-state index contributed by atoms with van der Waals surface area (Å²) in [6.07, 6.45) is -1.28. The summed E-state index contributed by atoms with van der Waals surface area (Å²) in [4.78, 5) is 30.5. The van der Waals surface area contributed by atoms with Crippen LogP contribution in [-0.2, 0) is 29.7 Å². The fourth-order valence-corrected chi connectivity index (χ4v) is 4.08. The van der Waals surface area contributed by atoms with Crippen molar-refractivity contribution in [3.8, 4) is 0 Å². The Hall–Kier alpha value is -2.88. The van der Waals surface area contributed by atoms with Crippen LogP contribution in [0.2, 0.25) is 0 Å². The number of aliphatic carboxylic acids is 1. The minimum atomic E-state index is -5.08. The predicted octanol–water partition coefficient (Wildman–Crippen LogP) is 2.45. The highest BCUT2D eigenvalue weighted by molar-refractivity contribution is 5.82. The van der Waals surface area contributed by atoms with Crippen LogP contribution < -0.4 is 0 Å². The molecule has 2 aliphatic heterocycles. The van der Waals surface area contributed by atoms with Crippen molar-refractivity contribution in [3.63, 3.8) is 0 Å². The molecule has 1 N–H and O–H groups in total. The highest BCUT2D eigenvalue weighted by atomic mass is 19.4. The molecule has 0 aliphatic carbocycles. The van der Waals surface area contributed by atoms with Gasteiger partial charge in [0.25, 0.3) is 0 Å². The van der Waals surface area contributed by atoms with Crippen molar-refractivity contribution in [1.82, 2.24) is 19.4 Å². The number of benzene rings is 1. The molecule has 0 saturated carbocycles. The first-order valence-electron chi connectivity index (χ1n) is 9.87. The number of halogens is 3. The van der Waals surface area contributed by atoms with Gasteiger partial charge in [0.05, 0.1) is 12.5 Å². The summed E-state index contributed by atoms with van der Waals surface area (Å²) in [5.41, 5.74) is 2.48. The summed E-state index contributed by atoms with van der Waals surface area (Å²) < 4.78 is 33.8. The highest BCUT2D eigenvalue weighted by Crippen LogP contribution is 2.33. The highest BCUT2D eigenvalue weighted by Gasteiger charge is 2.46. The molecule has 0 unspecified atom stereocenters. The van der Waals surface area contributed by atoms with Gasteiger partial charge in [0.1, 0.15) is 5.82 Å². The number of imidazole rings is 1. The Balaban J connectivity index is 0.000000339. The molecule has 1 aromatic carbocycles. The smallest absolute Gasteiger partial charge is 0.475 e. The fraction of sp³-hybridized carbons (Fsp3) is 0.476. The molecule has 2 atom stereocenters. The van der Waals surface area contributed by atoms with Gasteiger partial charge < -0.3 is 14.6 Å². The second kappa shape index (κ2) is 9.09. The van der Waals surface area contributed by atoms with Crippen LogP contribution in [0.15, 0.2) is 36.7 Å². The number of fused-ring (bicyclic) bond motifs is 1. The molecule has 10 heteroatoms. The Bertz CT molecular complexity index is 944. The van der Waals surface area contributed by atoms with Crippen molar-refractivity contribution in [2.24, 2.45) is 18.9 Å². The van der Waals surface area contributed by atoms with Crippen LogP contribution in [0, 0.1) is 18.8 Å². The van der Waals surface area contributed by atoms with E-state index in [2.05, 4.69) is 45.6 Å². The third-order valence-corrected chi connectivity index (χ3v) is 5.58. The van der Waals surface area contributed by atoms with Crippen LogP contribution in [0.4, 0.5) is 13.2 Å². The Morgan fingerprint density at radius 1 is 1.23 bits per heavy atom. The number of hydrogen-bond acceptors (Lipinski definition) is 4. The van der Waals surface area contributed by atoms with Crippen LogP contribution in [0.25, 0.3) is 0 Å². The number of aryl methyl sites for hydroxylation is 2. The molecule has 31 heavy (non-hydrogen) atoms. The third-order valence-electron chi connectivity index (χ3n) is 5.58. The number of carbonyl (C=O) groups excluding carboxylic acids is 1. The molecular formula is C21H25F3N4O3. The van der Waals surface area contributed by atoms with Gasteiger partial charge in [-0.25, -0.2) is 9.78 Å². The van der Waals surface area contributed by atoms with Crippen molar-refractivity contribution in [1.29, 1.82) is 0 Å². The fourth-order valence-electron chi connectivity index (χ4n) is 4.08. The lowest BCUT2D eigenvalue weighted by molar-refractivity contribution is -0.192. The Kier molecular flexibility index (Phi) is 6.68. The normalized spacial score (nSPS) is 21.1. The number of carbonyl (C=O) groups is 2. The molecule has 1 amide bonds. The molecule has 4 rings (SSSR count). The van der Waals surface area contributed by atoms with Gasteiger partial charge >= 0.3 is 12.1 Å². The maximum absolute atomic E-state index is 12.8. The molecule has 0 spiro atoms. The molecule has 2 aliphatic rings. The monoisotopic (exact) mass is 438 g/mol. The summed E-state index contributed by atoms with van der Waals surface area (Å²) >= 11 is 0. The maximum Gasteiger partial charge on any atom is 0.490 e. The molecule has 3 heterocycles. The molecular weight excluding hydrogens is 413 g/mol. The van der Waals surface area contributed by atoms with Gasteiger partial charge in [-0.3, -0.25) is 9.69 Å². The first-order chi connectivity index (χ1) is 14.5. The number of amides is 1. The molecule has 0 radical (unpaired) electrons. The molecule has 0 bridgehead atoms. The zero-order valence-electron chi connectivity index (χ0n) is 17.3. The zero-order chi connectivity index (χ0) is 22.8. The van der Waals surface area contributed by atoms with Gasteiger partial charge in [0.2, 0.25) is 5.91 Å². The summed E-state index contributed by atoms with van der Waals surface area (Å²) in [6.45, 7) is 6.41. The summed E-state index contributed by atoms with van der Waals surface area (Å²) in [5, 5.41) is 7.12. The van der Waals surface area contributed by atoms with E-state index >= 15 is 0 Å². The van der Waals surface area contributed by atoms with Gasteiger partial charge in [0, 0.05) is 51.5 Å². The lowest BCUT2D eigenvalue weighted by Gasteiger charge is -2.21. The van der Waals surface area contributed by atoms with E-state index in [9.17, 15) is 18.0 Å². The van der Waals surface area contributed by atoms with Crippen LogP contribution in [0.3, 0.4) is 0 Å². The minimum Gasteiger partial charge on any atom is -0.475 e. The average Bonchev–Trinajstić information content (AvgIpc) is 3.33. The Labute approximate surface area is 178 Å². The van der Waals surface area contributed by atoms with E-state index in [4.69, 9.17) is 9.90 Å². The van der Waals surface area contributed by atoms with E-state index in [1.54, 1.807) is 0 Å². The number of hydrogen-bond donors (Lipinski definition) is 1. The van der Waals surface area contributed by atoms with Crippen LogP contribution in [-0.4, -0.2) is 62.1 Å². The quantitative estimate of drug-likeness (QED) is 0.794. The number of aromatic nitrogens is 2. The van der Waals surface area contributed by atoms with E-state index in [1.165, 1.54) is 11.1 Å². The molecule has 2 aromatic rings. The van der Waals surface area contributed by atoms with Crippen molar-refractivity contribution in [2.45, 2.75) is 26.2 Å². The second-order valence-corrected chi connectivity index (χ2v) is 8.03. The van der Waals surface area contributed by atoms with Crippen molar-refractivity contribution in [3.05, 3.63) is 53.6 Å². The first kappa shape index (κ1) is 22.8. The lowest BCUT2D eigenvalue weighted by atomic mass is 10.0. The van der Waals surface area contributed by atoms with Crippen molar-refractivity contribution < 1.29 is 27.9 Å². The van der Waals surface area contributed by atoms with E-state index in [0.29, 0.717) is 11.8 Å². The molecule has 168 valence electrons. The van der Waals surface area contributed by atoms with Crippen molar-refractivity contribution in [2.75, 3.05) is 19.6 Å². The number of nitrogens with zero attached hydrogens (tertiary/aromatic N) is 4. The van der Waals surface area contributed by atoms with E-state index in [0.717, 1.165) is 38.5 Å². The minimum absolute atomic E-state index is 0.162. The summed E-state index contributed by atoms with van der Waals surface area (Å²) in [5.74, 6) is -0.743.